The summed E-state index contributed by atoms with van der Waals surface area (Å²) >= 11 is 0. The highest BCUT2D eigenvalue weighted by Gasteiger charge is 2.34. The van der Waals surface area contributed by atoms with Crippen molar-refractivity contribution in [3.05, 3.63) is 17.6 Å². The molecule has 0 bridgehead atoms. The lowest BCUT2D eigenvalue weighted by Crippen LogP contribution is -2.29. The average Bonchev–Trinajstić information content (AvgIpc) is 2.95. The molecule has 0 amide bonds. The van der Waals surface area contributed by atoms with Gasteiger partial charge in [-0.25, -0.2) is 8.42 Å². The van der Waals surface area contributed by atoms with Crippen LogP contribution in [0, 0.1) is 12.8 Å². The van der Waals surface area contributed by atoms with Crippen LogP contribution in [0.3, 0.4) is 0 Å². The highest BCUT2D eigenvalue weighted by atomic mass is 32.2. The number of hydrogen-bond donors (Lipinski definition) is 1. The summed E-state index contributed by atoms with van der Waals surface area (Å²) in [6, 6.07) is 1.42. The minimum Gasteiger partial charge on any atom is -0.462 e. The van der Waals surface area contributed by atoms with Crippen LogP contribution in [-0.4, -0.2) is 30.9 Å². The Labute approximate surface area is 107 Å². The maximum absolute atomic E-state index is 12.4. The standard InChI is InChI=1S/C12H19NO4S/c1-3-10-4-5-13(7-10)18(15,16)12-6-11(8-14)17-9(12)2/h6,10,14H,3-5,7-8H2,1-2H3. The van der Waals surface area contributed by atoms with Crippen molar-refractivity contribution in [2.75, 3.05) is 13.1 Å². The number of nitrogens with zero attached hydrogens (tertiary/aromatic N) is 1. The fraction of sp³-hybridized carbons (Fsp3) is 0.667. The number of rotatable bonds is 4. The molecule has 102 valence electrons. The van der Waals surface area contributed by atoms with Gasteiger partial charge in [0, 0.05) is 19.2 Å². The first-order valence-electron chi connectivity index (χ1n) is 6.19. The normalized spacial score (nSPS) is 21.6. The molecule has 5 nitrogen and oxygen atoms in total. The number of furan rings is 1. The van der Waals surface area contributed by atoms with Crippen molar-refractivity contribution in [3.8, 4) is 0 Å². The highest BCUT2D eigenvalue weighted by molar-refractivity contribution is 7.89. The van der Waals surface area contributed by atoms with Gasteiger partial charge in [-0.1, -0.05) is 13.3 Å². The molecule has 1 saturated heterocycles. The van der Waals surface area contributed by atoms with Crippen LogP contribution >= 0.6 is 0 Å². The van der Waals surface area contributed by atoms with Gasteiger partial charge in [-0.3, -0.25) is 0 Å². The molecular formula is C12H19NO4S. The van der Waals surface area contributed by atoms with E-state index in [0.29, 0.717) is 24.8 Å². The second-order valence-corrected chi connectivity index (χ2v) is 6.62. The zero-order valence-corrected chi connectivity index (χ0v) is 11.5. The minimum absolute atomic E-state index is 0.184. The summed E-state index contributed by atoms with van der Waals surface area (Å²) in [5.74, 6) is 1.08. The molecule has 1 aromatic heterocycles. The van der Waals surface area contributed by atoms with Crippen molar-refractivity contribution >= 4 is 10.0 Å². The molecule has 18 heavy (non-hydrogen) atoms. The van der Waals surface area contributed by atoms with Crippen molar-refractivity contribution in [2.24, 2.45) is 5.92 Å². The van der Waals surface area contributed by atoms with Crippen molar-refractivity contribution in [1.82, 2.24) is 4.31 Å². The van der Waals surface area contributed by atoms with E-state index in [9.17, 15) is 8.42 Å². The molecule has 0 spiro atoms. The third-order valence-electron chi connectivity index (χ3n) is 3.52. The van der Waals surface area contributed by atoms with E-state index in [-0.39, 0.29) is 17.3 Å². The number of sulfonamides is 1. The molecule has 0 aliphatic carbocycles. The molecule has 1 N–H and O–H groups in total. The number of aliphatic hydroxyl groups excluding tert-OH is 1. The van der Waals surface area contributed by atoms with E-state index < -0.39 is 10.0 Å². The Morgan fingerprint density at radius 1 is 1.56 bits per heavy atom. The van der Waals surface area contributed by atoms with Gasteiger partial charge in [0.2, 0.25) is 10.0 Å². The minimum atomic E-state index is -3.47. The fourth-order valence-corrected chi connectivity index (χ4v) is 4.06. The first-order chi connectivity index (χ1) is 8.48. The largest absolute Gasteiger partial charge is 0.462 e. The summed E-state index contributed by atoms with van der Waals surface area (Å²) in [6.07, 6.45) is 1.91. The Hall–Kier alpha value is -0.850. The van der Waals surface area contributed by atoms with Crippen LogP contribution in [0.1, 0.15) is 31.3 Å². The Bertz CT molecular complexity index is 520. The molecule has 1 aliphatic heterocycles. The number of aryl methyl sites for hydroxylation is 1. The van der Waals surface area contributed by atoms with Crippen LogP contribution < -0.4 is 0 Å². The lowest BCUT2D eigenvalue weighted by atomic mass is 10.1. The van der Waals surface area contributed by atoms with E-state index in [1.165, 1.54) is 10.4 Å². The van der Waals surface area contributed by atoms with Gasteiger partial charge < -0.3 is 9.52 Å². The quantitative estimate of drug-likeness (QED) is 0.902. The third kappa shape index (κ3) is 2.32. The van der Waals surface area contributed by atoms with Crippen LogP contribution in [0.15, 0.2) is 15.4 Å². The molecule has 1 atom stereocenters. The molecule has 2 rings (SSSR count). The summed E-state index contributed by atoms with van der Waals surface area (Å²) in [4.78, 5) is 0.184. The van der Waals surface area contributed by atoms with Gasteiger partial charge in [0.05, 0.1) is 0 Å². The highest BCUT2D eigenvalue weighted by Crippen LogP contribution is 2.29. The zero-order chi connectivity index (χ0) is 13.3. The molecular weight excluding hydrogens is 254 g/mol. The summed E-state index contributed by atoms with van der Waals surface area (Å²) < 4.78 is 31.6. The molecule has 0 saturated carbocycles. The van der Waals surface area contributed by atoms with Gasteiger partial charge in [-0.2, -0.15) is 4.31 Å². The van der Waals surface area contributed by atoms with E-state index in [1.54, 1.807) is 6.92 Å². The van der Waals surface area contributed by atoms with Gasteiger partial charge in [0.1, 0.15) is 23.0 Å². The van der Waals surface area contributed by atoms with Crippen LogP contribution in [0.5, 0.6) is 0 Å². The van der Waals surface area contributed by atoms with Gasteiger partial charge in [0.15, 0.2) is 0 Å². The van der Waals surface area contributed by atoms with Crippen LogP contribution in [-0.2, 0) is 16.6 Å². The fourth-order valence-electron chi connectivity index (χ4n) is 2.35. The monoisotopic (exact) mass is 273 g/mol. The maximum atomic E-state index is 12.4. The molecule has 6 heteroatoms. The van der Waals surface area contributed by atoms with Gasteiger partial charge in [-0.05, 0) is 19.3 Å². The van der Waals surface area contributed by atoms with Crippen molar-refractivity contribution in [2.45, 2.75) is 38.2 Å². The molecule has 2 heterocycles. The van der Waals surface area contributed by atoms with Crippen molar-refractivity contribution < 1.29 is 17.9 Å². The second kappa shape index (κ2) is 5.03. The van der Waals surface area contributed by atoms with Crippen LogP contribution in [0.2, 0.25) is 0 Å². The van der Waals surface area contributed by atoms with Gasteiger partial charge in [-0.15, -0.1) is 0 Å². The van der Waals surface area contributed by atoms with Crippen molar-refractivity contribution in [1.29, 1.82) is 0 Å². The molecule has 1 fully saturated rings. The zero-order valence-electron chi connectivity index (χ0n) is 10.7. The summed E-state index contributed by atoms with van der Waals surface area (Å²) in [5, 5.41) is 8.98. The Morgan fingerprint density at radius 3 is 2.78 bits per heavy atom. The van der Waals surface area contributed by atoms with E-state index >= 15 is 0 Å². The Kier molecular flexibility index (Phi) is 3.79. The lowest BCUT2D eigenvalue weighted by Gasteiger charge is -2.15. The SMILES string of the molecule is CCC1CCN(S(=O)(=O)c2cc(CO)oc2C)C1. The van der Waals surface area contributed by atoms with Crippen molar-refractivity contribution in [3.63, 3.8) is 0 Å². The van der Waals surface area contributed by atoms with Crippen LogP contribution in [0.25, 0.3) is 0 Å². The van der Waals surface area contributed by atoms with E-state index in [1.807, 2.05) is 0 Å². The van der Waals surface area contributed by atoms with Gasteiger partial charge in [0.25, 0.3) is 0 Å². The predicted molar refractivity (Wildman–Crippen MR) is 66.5 cm³/mol. The molecule has 0 radical (unpaired) electrons. The van der Waals surface area contributed by atoms with E-state index in [0.717, 1.165) is 12.8 Å². The number of aliphatic hydroxyl groups is 1. The summed E-state index contributed by atoms with van der Waals surface area (Å²) in [6.45, 7) is 4.55. The first kappa shape index (κ1) is 13.6. The Morgan fingerprint density at radius 2 is 2.28 bits per heavy atom. The molecule has 1 aromatic rings. The first-order valence-corrected chi connectivity index (χ1v) is 7.63. The summed E-state index contributed by atoms with van der Waals surface area (Å²) in [5.41, 5.74) is 0. The smallest absolute Gasteiger partial charge is 0.246 e. The number of hydrogen-bond acceptors (Lipinski definition) is 4. The maximum Gasteiger partial charge on any atom is 0.246 e. The van der Waals surface area contributed by atoms with Crippen LogP contribution in [0.4, 0.5) is 0 Å². The van der Waals surface area contributed by atoms with Gasteiger partial charge >= 0.3 is 0 Å². The van der Waals surface area contributed by atoms with E-state index in [4.69, 9.17) is 9.52 Å². The average molecular weight is 273 g/mol. The molecule has 0 aromatic carbocycles. The topological polar surface area (TPSA) is 70.8 Å². The van der Waals surface area contributed by atoms with E-state index in [2.05, 4.69) is 6.92 Å². The molecule has 1 aliphatic rings. The summed E-state index contributed by atoms with van der Waals surface area (Å²) in [7, 11) is -3.47. The second-order valence-electron chi connectivity index (χ2n) is 4.72. The lowest BCUT2D eigenvalue weighted by molar-refractivity contribution is 0.244. The predicted octanol–water partition coefficient (Wildman–Crippen LogP) is 1.50. The Balaban J connectivity index is 2.28. The third-order valence-corrected chi connectivity index (χ3v) is 5.50. The molecule has 1 unspecified atom stereocenters.